The second-order valence-corrected chi connectivity index (χ2v) is 4.16. The minimum absolute atomic E-state index is 0.400. The highest BCUT2D eigenvalue weighted by atomic mass is 16.1. The van der Waals surface area contributed by atoms with Crippen molar-refractivity contribution in [3.05, 3.63) is 53.6 Å². The van der Waals surface area contributed by atoms with E-state index in [9.17, 15) is 4.79 Å². The van der Waals surface area contributed by atoms with Gasteiger partial charge in [-0.15, -0.1) is 0 Å². The van der Waals surface area contributed by atoms with E-state index in [1.807, 2.05) is 29.9 Å². The molecule has 0 atom stereocenters. The predicted octanol–water partition coefficient (Wildman–Crippen LogP) is 0.809. The molecule has 2 rings (SSSR count). The SMILES string of the molecule is Cn1cncc1CNCc1cccc(C(N)=O)c1. The molecule has 18 heavy (non-hydrogen) atoms. The largest absolute Gasteiger partial charge is 0.366 e. The molecule has 2 aromatic rings. The minimum Gasteiger partial charge on any atom is -0.366 e. The van der Waals surface area contributed by atoms with Crippen LogP contribution < -0.4 is 11.1 Å². The van der Waals surface area contributed by atoms with Crippen molar-refractivity contribution in [3.8, 4) is 0 Å². The number of aryl methyl sites for hydroxylation is 1. The summed E-state index contributed by atoms with van der Waals surface area (Å²) in [6.45, 7) is 1.42. The van der Waals surface area contributed by atoms with Crippen LogP contribution in [0.15, 0.2) is 36.8 Å². The number of primary amides is 1. The van der Waals surface area contributed by atoms with E-state index < -0.39 is 5.91 Å². The molecule has 5 nitrogen and oxygen atoms in total. The van der Waals surface area contributed by atoms with E-state index >= 15 is 0 Å². The second kappa shape index (κ2) is 5.46. The molecular weight excluding hydrogens is 228 g/mol. The molecule has 0 radical (unpaired) electrons. The van der Waals surface area contributed by atoms with Crippen LogP contribution >= 0.6 is 0 Å². The number of nitrogens with two attached hydrogens (primary N) is 1. The summed E-state index contributed by atoms with van der Waals surface area (Å²) in [6, 6.07) is 7.31. The van der Waals surface area contributed by atoms with Gasteiger partial charge in [0.15, 0.2) is 0 Å². The number of carbonyl (C=O) groups is 1. The van der Waals surface area contributed by atoms with Crippen molar-refractivity contribution in [1.29, 1.82) is 0 Å². The van der Waals surface area contributed by atoms with Gasteiger partial charge in [-0.25, -0.2) is 4.98 Å². The van der Waals surface area contributed by atoms with Crippen molar-refractivity contribution in [3.63, 3.8) is 0 Å². The average molecular weight is 244 g/mol. The number of nitrogens with zero attached hydrogens (tertiary/aromatic N) is 2. The molecule has 0 aliphatic heterocycles. The number of aromatic nitrogens is 2. The molecule has 0 fully saturated rings. The van der Waals surface area contributed by atoms with Gasteiger partial charge in [-0.05, 0) is 17.7 Å². The van der Waals surface area contributed by atoms with Gasteiger partial charge in [0.25, 0.3) is 0 Å². The Morgan fingerprint density at radius 2 is 2.28 bits per heavy atom. The zero-order valence-electron chi connectivity index (χ0n) is 10.3. The Hall–Kier alpha value is -2.14. The fourth-order valence-corrected chi connectivity index (χ4v) is 1.72. The molecule has 1 heterocycles. The third-order valence-electron chi connectivity index (χ3n) is 2.76. The van der Waals surface area contributed by atoms with Gasteiger partial charge < -0.3 is 15.6 Å². The summed E-state index contributed by atoms with van der Waals surface area (Å²) in [5.74, 6) is -0.400. The van der Waals surface area contributed by atoms with Crippen molar-refractivity contribution in [2.75, 3.05) is 0 Å². The van der Waals surface area contributed by atoms with Crippen LogP contribution in [0.4, 0.5) is 0 Å². The summed E-state index contributed by atoms with van der Waals surface area (Å²) in [5, 5.41) is 3.30. The topological polar surface area (TPSA) is 72.9 Å². The first-order valence-electron chi connectivity index (χ1n) is 5.71. The van der Waals surface area contributed by atoms with E-state index in [1.54, 1.807) is 18.5 Å². The first-order chi connectivity index (χ1) is 8.66. The number of hydrogen-bond donors (Lipinski definition) is 2. The zero-order valence-corrected chi connectivity index (χ0v) is 10.3. The van der Waals surface area contributed by atoms with Crippen molar-refractivity contribution < 1.29 is 4.79 Å². The van der Waals surface area contributed by atoms with Crippen LogP contribution in [-0.4, -0.2) is 15.5 Å². The number of imidazole rings is 1. The molecule has 94 valence electrons. The lowest BCUT2D eigenvalue weighted by Gasteiger charge is -2.06. The van der Waals surface area contributed by atoms with Crippen molar-refractivity contribution >= 4 is 5.91 Å². The van der Waals surface area contributed by atoms with Crippen LogP contribution in [0.1, 0.15) is 21.6 Å². The first-order valence-corrected chi connectivity index (χ1v) is 5.71. The molecule has 1 amide bonds. The summed E-state index contributed by atoms with van der Waals surface area (Å²) in [4.78, 5) is 15.1. The third-order valence-corrected chi connectivity index (χ3v) is 2.76. The standard InChI is InChI=1S/C13H16N4O/c1-17-9-16-8-12(17)7-15-6-10-3-2-4-11(5-10)13(14)18/h2-5,8-9,15H,6-7H2,1H3,(H2,14,18). The second-order valence-electron chi connectivity index (χ2n) is 4.16. The van der Waals surface area contributed by atoms with E-state index in [1.165, 1.54) is 0 Å². The van der Waals surface area contributed by atoms with Gasteiger partial charge in [-0.3, -0.25) is 4.79 Å². The number of benzene rings is 1. The van der Waals surface area contributed by atoms with E-state index in [-0.39, 0.29) is 0 Å². The molecular formula is C13H16N4O. The molecule has 3 N–H and O–H groups in total. The van der Waals surface area contributed by atoms with Gasteiger partial charge in [0.05, 0.1) is 12.0 Å². The molecule has 0 saturated carbocycles. The molecule has 5 heteroatoms. The van der Waals surface area contributed by atoms with Gasteiger partial charge in [0.1, 0.15) is 0 Å². The molecule has 0 aliphatic rings. The molecule has 0 aliphatic carbocycles. The smallest absolute Gasteiger partial charge is 0.248 e. The highest BCUT2D eigenvalue weighted by molar-refractivity contribution is 5.92. The van der Waals surface area contributed by atoms with Crippen LogP contribution in [0.3, 0.4) is 0 Å². The fourth-order valence-electron chi connectivity index (χ4n) is 1.72. The number of rotatable bonds is 5. The summed E-state index contributed by atoms with van der Waals surface area (Å²) in [5.41, 5.74) is 7.92. The summed E-state index contributed by atoms with van der Waals surface area (Å²) < 4.78 is 1.97. The number of hydrogen-bond acceptors (Lipinski definition) is 3. The highest BCUT2D eigenvalue weighted by Gasteiger charge is 2.02. The maximum atomic E-state index is 11.0. The van der Waals surface area contributed by atoms with Crippen molar-refractivity contribution in [2.45, 2.75) is 13.1 Å². The molecule has 1 aromatic heterocycles. The lowest BCUT2D eigenvalue weighted by atomic mass is 10.1. The maximum Gasteiger partial charge on any atom is 0.248 e. The maximum absolute atomic E-state index is 11.0. The van der Waals surface area contributed by atoms with Gasteiger partial charge in [-0.1, -0.05) is 12.1 Å². The Balaban J connectivity index is 1.92. The normalized spacial score (nSPS) is 10.5. The van der Waals surface area contributed by atoms with Crippen molar-refractivity contribution in [1.82, 2.24) is 14.9 Å². The Morgan fingerprint density at radius 3 is 2.94 bits per heavy atom. The Kier molecular flexibility index (Phi) is 3.74. The van der Waals surface area contributed by atoms with Crippen LogP contribution in [0, 0.1) is 0 Å². The van der Waals surface area contributed by atoms with E-state index in [0.29, 0.717) is 12.1 Å². The fraction of sp³-hybridized carbons (Fsp3) is 0.231. The van der Waals surface area contributed by atoms with Crippen molar-refractivity contribution in [2.24, 2.45) is 12.8 Å². The van der Waals surface area contributed by atoms with Crippen LogP contribution in [0.2, 0.25) is 0 Å². The average Bonchev–Trinajstić information content (AvgIpc) is 2.76. The molecule has 0 spiro atoms. The Labute approximate surface area is 106 Å². The molecule has 0 unspecified atom stereocenters. The predicted molar refractivity (Wildman–Crippen MR) is 68.7 cm³/mol. The number of nitrogens with one attached hydrogen (secondary N) is 1. The summed E-state index contributed by atoms with van der Waals surface area (Å²) in [6.07, 6.45) is 3.59. The van der Waals surface area contributed by atoms with Crippen LogP contribution in [0.5, 0.6) is 0 Å². The zero-order chi connectivity index (χ0) is 13.0. The molecule has 1 aromatic carbocycles. The number of carbonyl (C=O) groups excluding carboxylic acids is 1. The van der Waals surface area contributed by atoms with Gasteiger partial charge >= 0.3 is 0 Å². The first kappa shape index (κ1) is 12.3. The number of amides is 1. The summed E-state index contributed by atoms with van der Waals surface area (Å²) in [7, 11) is 1.96. The van der Waals surface area contributed by atoms with E-state index in [4.69, 9.17) is 5.73 Å². The van der Waals surface area contributed by atoms with E-state index in [0.717, 1.165) is 17.8 Å². The lowest BCUT2D eigenvalue weighted by molar-refractivity contribution is 0.1000. The molecule has 0 bridgehead atoms. The van der Waals surface area contributed by atoms with Crippen LogP contribution in [-0.2, 0) is 20.1 Å². The quantitative estimate of drug-likeness (QED) is 0.817. The van der Waals surface area contributed by atoms with Gasteiger partial charge in [0.2, 0.25) is 5.91 Å². The van der Waals surface area contributed by atoms with Gasteiger partial charge in [-0.2, -0.15) is 0 Å². The van der Waals surface area contributed by atoms with Crippen LogP contribution in [0.25, 0.3) is 0 Å². The minimum atomic E-state index is -0.400. The lowest BCUT2D eigenvalue weighted by Crippen LogP contribution is -2.16. The summed E-state index contributed by atoms with van der Waals surface area (Å²) >= 11 is 0. The molecule has 0 saturated heterocycles. The van der Waals surface area contributed by atoms with E-state index in [2.05, 4.69) is 10.3 Å². The Bertz CT molecular complexity index is 547. The monoisotopic (exact) mass is 244 g/mol. The van der Waals surface area contributed by atoms with Gasteiger partial charge in [0, 0.05) is 31.9 Å². The third kappa shape index (κ3) is 2.95. The highest BCUT2D eigenvalue weighted by Crippen LogP contribution is 2.05. The Morgan fingerprint density at radius 1 is 1.44 bits per heavy atom.